The molecule has 0 aromatic heterocycles. The molecule has 0 aliphatic carbocycles. The first-order valence-electron chi connectivity index (χ1n) is 4.43. The van der Waals surface area contributed by atoms with E-state index >= 15 is 0 Å². The molecule has 0 radical (unpaired) electrons. The van der Waals surface area contributed by atoms with Crippen LogP contribution in [0.5, 0.6) is 0 Å². The van der Waals surface area contributed by atoms with Crippen LogP contribution < -0.4 is 0 Å². The maximum absolute atomic E-state index is 2.26. The number of rotatable bonds is 4. The van der Waals surface area contributed by atoms with Crippen LogP contribution in [0.2, 0.25) is 5.32 Å². The SMILES string of the molecule is CC[Se]/C=C\C=C\c1ccccc1. The molecule has 0 aliphatic heterocycles. The summed E-state index contributed by atoms with van der Waals surface area (Å²) >= 11 is 0.682. The summed E-state index contributed by atoms with van der Waals surface area (Å²) in [5.41, 5.74) is 1.26. The predicted octanol–water partition coefficient (Wildman–Crippen LogP) is 3.36. The number of allylic oxidation sites excluding steroid dienone is 2. The Hall–Kier alpha value is -0.781. The molecule has 0 bridgehead atoms. The summed E-state index contributed by atoms with van der Waals surface area (Å²) in [4.78, 5) is 2.26. The summed E-state index contributed by atoms with van der Waals surface area (Å²) in [5, 5.41) is 1.28. The average Bonchev–Trinajstić information content (AvgIpc) is 2.19. The molecule has 0 heterocycles. The fraction of sp³-hybridized carbons (Fsp3) is 0.167. The first-order valence-corrected chi connectivity index (χ1v) is 6.63. The van der Waals surface area contributed by atoms with Crippen LogP contribution in [0.4, 0.5) is 0 Å². The van der Waals surface area contributed by atoms with Gasteiger partial charge in [0.2, 0.25) is 0 Å². The van der Waals surface area contributed by atoms with Gasteiger partial charge in [0.25, 0.3) is 0 Å². The third-order valence-electron chi connectivity index (χ3n) is 1.54. The molecule has 13 heavy (non-hydrogen) atoms. The number of hydrogen-bond donors (Lipinski definition) is 0. The first kappa shape index (κ1) is 10.3. The minimum absolute atomic E-state index is 0.682. The van der Waals surface area contributed by atoms with E-state index in [9.17, 15) is 0 Å². The Balaban J connectivity index is 2.41. The molecule has 0 spiro atoms. The Kier molecular flexibility index (Phi) is 5.31. The summed E-state index contributed by atoms with van der Waals surface area (Å²) in [6, 6.07) is 10.4. The third-order valence-corrected chi connectivity index (χ3v) is 2.97. The van der Waals surface area contributed by atoms with Crippen LogP contribution in [0, 0.1) is 0 Å². The second-order valence-corrected chi connectivity index (χ2v) is 5.04. The van der Waals surface area contributed by atoms with Crippen molar-refractivity contribution in [3.8, 4) is 0 Å². The monoisotopic (exact) mass is 238 g/mol. The van der Waals surface area contributed by atoms with E-state index in [1.165, 1.54) is 10.9 Å². The van der Waals surface area contributed by atoms with Crippen molar-refractivity contribution in [2.45, 2.75) is 12.2 Å². The predicted molar refractivity (Wildman–Crippen MR) is 60.9 cm³/mol. The Labute approximate surface area is 86.5 Å². The van der Waals surface area contributed by atoms with Crippen LogP contribution in [0.15, 0.2) is 47.5 Å². The summed E-state index contributed by atoms with van der Waals surface area (Å²) in [7, 11) is 0. The molecule has 1 heteroatoms. The molecule has 0 saturated heterocycles. The van der Waals surface area contributed by atoms with Crippen molar-refractivity contribution in [2.24, 2.45) is 0 Å². The van der Waals surface area contributed by atoms with E-state index in [1.807, 2.05) is 6.07 Å². The fourth-order valence-electron chi connectivity index (χ4n) is 0.928. The van der Waals surface area contributed by atoms with Gasteiger partial charge in [0.05, 0.1) is 0 Å². The molecule has 68 valence electrons. The molecule has 0 N–H and O–H groups in total. The number of hydrogen-bond acceptors (Lipinski definition) is 0. The van der Waals surface area contributed by atoms with E-state index in [4.69, 9.17) is 0 Å². The van der Waals surface area contributed by atoms with E-state index in [-0.39, 0.29) is 0 Å². The Morgan fingerprint density at radius 2 is 1.92 bits per heavy atom. The van der Waals surface area contributed by atoms with E-state index in [2.05, 4.69) is 54.4 Å². The average molecular weight is 237 g/mol. The Morgan fingerprint density at radius 3 is 2.62 bits per heavy atom. The molecule has 0 nitrogen and oxygen atoms in total. The Morgan fingerprint density at radius 1 is 1.15 bits per heavy atom. The second kappa shape index (κ2) is 6.71. The van der Waals surface area contributed by atoms with E-state index in [1.54, 1.807) is 0 Å². The third kappa shape index (κ3) is 4.72. The van der Waals surface area contributed by atoms with Gasteiger partial charge in [-0.05, 0) is 0 Å². The molecule has 1 aromatic rings. The zero-order chi connectivity index (χ0) is 9.36. The van der Waals surface area contributed by atoms with Gasteiger partial charge in [0.1, 0.15) is 0 Å². The zero-order valence-electron chi connectivity index (χ0n) is 7.81. The van der Waals surface area contributed by atoms with Crippen LogP contribution in [0.3, 0.4) is 0 Å². The van der Waals surface area contributed by atoms with Crippen LogP contribution in [-0.4, -0.2) is 15.0 Å². The minimum atomic E-state index is 0.682. The van der Waals surface area contributed by atoms with Gasteiger partial charge in [0, 0.05) is 0 Å². The molecular weight excluding hydrogens is 223 g/mol. The van der Waals surface area contributed by atoms with E-state index in [0.717, 1.165) is 0 Å². The quantitative estimate of drug-likeness (QED) is 0.556. The fourth-order valence-corrected chi connectivity index (χ4v) is 1.76. The van der Waals surface area contributed by atoms with Gasteiger partial charge >= 0.3 is 86.3 Å². The summed E-state index contributed by atoms with van der Waals surface area (Å²) in [6.45, 7) is 2.21. The molecule has 0 atom stereocenters. The van der Waals surface area contributed by atoms with Crippen molar-refractivity contribution in [3.63, 3.8) is 0 Å². The molecule has 1 rings (SSSR count). The molecule has 0 unspecified atom stereocenters. The molecule has 0 fully saturated rings. The van der Waals surface area contributed by atoms with Gasteiger partial charge < -0.3 is 0 Å². The van der Waals surface area contributed by atoms with Crippen molar-refractivity contribution in [3.05, 3.63) is 53.0 Å². The topological polar surface area (TPSA) is 0 Å². The molecule has 0 saturated carbocycles. The van der Waals surface area contributed by atoms with Crippen LogP contribution >= 0.6 is 0 Å². The van der Waals surface area contributed by atoms with Crippen LogP contribution in [0.1, 0.15) is 12.5 Å². The Bertz CT molecular complexity index is 272. The van der Waals surface area contributed by atoms with Gasteiger partial charge in [-0.1, -0.05) is 0 Å². The normalized spacial score (nSPS) is 11.5. The molecule has 0 amide bonds. The summed E-state index contributed by atoms with van der Waals surface area (Å²) in [5.74, 6) is 0. The molecule has 1 aromatic carbocycles. The number of benzene rings is 1. The van der Waals surface area contributed by atoms with Gasteiger partial charge in [-0.2, -0.15) is 0 Å². The van der Waals surface area contributed by atoms with Gasteiger partial charge in [-0.25, -0.2) is 0 Å². The standard InChI is InChI=1S/C12H14Se/c1-2-13-11-7-6-10-12-8-4-3-5-9-12/h3-11H,2H2,1H3/b10-6+,11-7-. The molecular formula is C12H14Se. The van der Waals surface area contributed by atoms with Crippen LogP contribution in [0.25, 0.3) is 6.08 Å². The summed E-state index contributed by atoms with van der Waals surface area (Å²) in [6.07, 6.45) is 6.37. The first-order chi connectivity index (χ1) is 6.43. The van der Waals surface area contributed by atoms with E-state index < -0.39 is 0 Å². The van der Waals surface area contributed by atoms with Gasteiger partial charge in [-0.15, -0.1) is 0 Å². The van der Waals surface area contributed by atoms with Crippen molar-refractivity contribution < 1.29 is 0 Å². The van der Waals surface area contributed by atoms with Gasteiger partial charge in [0.15, 0.2) is 0 Å². The van der Waals surface area contributed by atoms with Crippen molar-refractivity contribution >= 4 is 21.0 Å². The van der Waals surface area contributed by atoms with Crippen LogP contribution in [-0.2, 0) is 0 Å². The maximum atomic E-state index is 2.26. The van der Waals surface area contributed by atoms with Crippen molar-refractivity contribution in [2.75, 3.05) is 0 Å². The summed E-state index contributed by atoms with van der Waals surface area (Å²) < 4.78 is 0. The van der Waals surface area contributed by atoms with Crippen molar-refractivity contribution in [1.29, 1.82) is 0 Å². The second-order valence-electron chi connectivity index (χ2n) is 2.55. The molecule has 0 aliphatic rings. The van der Waals surface area contributed by atoms with E-state index in [0.29, 0.717) is 15.0 Å². The zero-order valence-corrected chi connectivity index (χ0v) is 9.52. The van der Waals surface area contributed by atoms with Gasteiger partial charge in [-0.3, -0.25) is 0 Å². The van der Waals surface area contributed by atoms with Crippen molar-refractivity contribution in [1.82, 2.24) is 0 Å².